The molecule has 1 atom stereocenters. The third kappa shape index (κ3) is 3.12. The molecule has 1 heterocycles. The van der Waals surface area contributed by atoms with E-state index >= 15 is 0 Å². The molecule has 17 heavy (non-hydrogen) atoms. The van der Waals surface area contributed by atoms with Gasteiger partial charge in [0.1, 0.15) is 5.76 Å². The summed E-state index contributed by atoms with van der Waals surface area (Å²) >= 11 is 9.57. The van der Waals surface area contributed by atoms with E-state index in [9.17, 15) is 0 Å². The fourth-order valence-electron chi connectivity index (χ4n) is 1.63. The summed E-state index contributed by atoms with van der Waals surface area (Å²) in [4.78, 5) is 0. The standard InChI is InChI=1S/C13H13BrClNO/c1-9(10-4-2-3-5-12(10)15)16-8-13-11(14)6-7-17-13/h2-7,9,16H,8H2,1H3/t9-/m0/s1. The number of rotatable bonds is 4. The molecule has 0 saturated carbocycles. The van der Waals surface area contributed by atoms with E-state index in [1.165, 1.54) is 0 Å². The molecule has 2 aromatic rings. The average molecular weight is 315 g/mol. The molecule has 1 aromatic heterocycles. The normalized spacial score (nSPS) is 12.6. The van der Waals surface area contributed by atoms with Gasteiger partial charge < -0.3 is 9.73 Å². The lowest BCUT2D eigenvalue weighted by molar-refractivity contribution is 0.458. The first-order valence-electron chi connectivity index (χ1n) is 5.38. The molecule has 0 unspecified atom stereocenters. The van der Waals surface area contributed by atoms with Gasteiger partial charge in [0.25, 0.3) is 0 Å². The van der Waals surface area contributed by atoms with Crippen molar-refractivity contribution in [2.75, 3.05) is 0 Å². The van der Waals surface area contributed by atoms with Gasteiger partial charge in [0.15, 0.2) is 0 Å². The van der Waals surface area contributed by atoms with Crippen molar-refractivity contribution in [3.63, 3.8) is 0 Å². The summed E-state index contributed by atoms with van der Waals surface area (Å²) < 4.78 is 6.32. The number of nitrogens with one attached hydrogen (secondary N) is 1. The van der Waals surface area contributed by atoms with Crippen LogP contribution in [0.5, 0.6) is 0 Å². The third-order valence-corrected chi connectivity index (χ3v) is 3.68. The zero-order chi connectivity index (χ0) is 12.3. The largest absolute Gasteiger partial charge is 0.467 e. The van der Waals surface area contributed by atoms with Gasteiger partial charge in [-0.2, -0.15) is 0 Å². The minimum atomic E-state index is 0.181. The molecule has 0 saturated heterocycles. The van der Waals surface area contributed by atoms with Gasteiger partial charge in [-0.05, 0) is 40.5 Å². The molecule has 2 rings (SSSR count). The van der Waals surface area contributed by atoms with Gasteiger partial charge in [0.2, 0.25) is 0 Å². The molecule has 0 fully saturated rings. The zero-order valence-electron chi connectivity index (χ0n) is 9.41. The number of furan rings is 1. The van der Waals surface area contributed by atoms with E-state index in [1.807, 2.05) is 30.3 Å². The highest BCUT2D eigenvalue weighted by Gasteiger charge is 2.10. The zero-order valence-corrected chi connectivity index (χ0v) is 11.8. The van der Waals surface area contributed by atoms with Crippen molar-refractivity contribution in [3.05, 3.63) is 57.4 Å². The monoisotopic (exact) mass is 313 g/mol. The summed E-state index contributed by atoms with van der Waals surface area (Å²) in [5.74, 6) is 0.893. The van der Waals surface area contributed by atoms with E-state index in [4.69, 9.17) is 16.0 Å². The highest BCUT2D eigenvalue weighted by atomic mass is 79.9. The van der Waals surface area contributed by atoms with E-state index in [-0.39, 0.29) is 6.04 Å². The van der Waals surface area contributed by atoms with Crippen molar-refractivity contribution in [2.45, 2.75) is 19.5 Å². The van der Waals surface area contributed by atoms with E-state index < -0.39 is 0 Å². The quantitative estimate of drug-likeness (QED) is 0.896. The Hall–Kier alpha value is -0.770. The van der Waals surface area contributed by atoms with Crippen LogP contribution in [0.3, 0.4) is 0 Å². The molecular formula is C13H13BrClNO. The van der Waals surface area contributed by atoms with Gasteiger partial charge in [-0.3, -0.25) is 0 Å². The molecule has 0 aliphatic carbocycles. The molecule has 1 aromatic carbocycles. The molecular weight excluding hydrogens is 302 g/mol. The second kappa shape index (κ2) is 5.71. The average Bonchev–Trinajstić information content (AvgIpc) is 2.72. The van der Waals surface area contributed by atoms with E-state index in [2.05, 4.69) is 28.2 Å². The summed E-state index contributed by atoms with van der Waals surface area (Å²) in [5, 5.41) is 4.16. The van der Waals surface area contributed by atoms with E-state index in [0.29, 0.717) is 6.54 Å². The Kier molecular flexibility index (Phi) is 4.26. The van der Waals surface area contributed by atoms with Crippen LogP contribution in [0.15, 0.2) is 45.5 Å². The topological polar surface area (TPSA) is 25.2 Å². The molecule has 90 valence electrons. The van der Waals surface area contributed by atoms with Gasteiger partial charge >= 0.3 is 0 Å². The highest BCUT2D eigenvalue weighted by molar-refractivity contribution is 9.10. The van der Waals surface area contributed by atoms with Crippen molar-refractivity contribution in [2.24, 2.45) is 0 Å². The minimum Gasteiger partial charge on any atom is -0.467 e. The maximum Gasteiger partial charge on any atom is 0.131 e. The fourth-order valence-corrected chi connectivity index (χ4v) is 2.27. The highest BCUT2D eigenvalue weighted by Crippen LogP contribution is 2.23. The predicted octanol–water partition coefficient (Wildman–Crippen LogP) is 4.55. The lowest BCUT2D eigenvalue weighted by Crippen LogP contribution is -2.18. The molecule has 0 bridgehead atoms. The predicted molar refractivity (Wildman–Crippen MR) is 73.1 cm³/mol. The number of hydrogen-bond acceptors (Lipinski definition) is 2. The lowest BCUT2D eigenvalue weighted by atomic mass is 10.1. The molecule has 0 aliphatic heterocycles. The molecule has 0 aliphatic rings. The molecule has 0 spiro atoms. The second-order valence-electron chi connectivity index (χ2n) is 3.82. The smallest absolute Gasteiger partial charge is 0.131 e. The van der Waals surface area contributed by atoms with Crippen LogP contribution in [-0.2, 0) is 6.54 Å². The molecule has 0 radical (unpaired) electrons. The lowest BCUT2D eigenvalue weighted by Gasteiger charge is -2.14. The fraction of sp³-hybridized carbons (Fsp3) is 0.231. The summed E-state index contributed by atoms with van der Waals surface area (Å²) in [6, 6.07) is 9.91. The van der Waals surface area contributed by atoms with Crippen LogP contribution in [0.25, 0.3) is 0 Å². The van der Waals surface area contributed by atoms with Crippen molar-refractivity contribution >= 4 is 27.5 Å². The number of halogens is 2. The van der Waals surface area contributed by atoms with Gasteiger partial charge in [-0.25, -0.2) is 0 Å². The number of benzene rings is 1. The van der Waals surface area contributed by atoms with Crippen molar-refractivity contribution < 1.29 is 4.42 Å². The molecule has 2 nitrogen and oxygen atoms in total. The Morgan fingerprint density at radius 3 is 2.76 bits per heavy atom. The summed E-state index contributed by atoms with van der Waals surface area (Å²) in [5.41, 5.74) is 1.09. The van der Waals surface area contributed by atoms with Gasteiger partial charge in [-0.15, -0.1) is 0 Å². The molecule has 0 amide bonds. The van der Waals surface area contributed by atoms with Crippen molar-refractivity contribution in [3.8, 4) is 0 Å². The number of hydrogen-bond donors (Lipinski definition) is 1. The van der Waals surface area contributed by atoms with Crippen LogP contribution < -0.4 is 5.32 Å². The summed E-state index contributed by atoms with van der Waals surface area (Å²) in [7, 11) is 0. The summed E-state index contributed by atoms with van der Waals surface area (Å²) in [6.45, 7) is 2.75. The first-order chi connectivity index (χ1) is 8.18. The van der Waals surface area contributed by atoms with Crippen LogP contribution in [0.4, 0.5) is 0 Å². The van der Waals surface area contributed by atoms with E-state index in [1.54, 1.807) is 6.26 Å². The third-order valence-electron chi connectivity index (χ3n) is 2.63. The second-order valence-corrected chi connectivity index (χ2v) is 5.08. The first kappa shape index (κ1) is 12.7. The summed E-state index contributed by atoms with van der Waals surface area (Å²) in [6.07, 6.45) is 1.67. The van der Waals surface area contributed by atoms with Crippen LogP contribution >= 0.6 is 27.5 Å². The first-order valence-corrected chi connectivity index (χ1v) is 6.55. The van der Waals surface area contributed by atoms with Crippen molar-refractivity contribution in [1.82, 2.24) is 5.32 Å². The molecule has 1 N–H and O–H groups in total. The van der Waals surface area contributed by atoms with Crippen LogP contribution in [0.1, 0.15) is 24.3 Å². The Morgan fingerprint density at radius 2 is 2.12 bits per heavy atom. The van der Waals surface area contributed by atoms with Crippen LogP contribution in [0, 0.1) is 0 Å². The van der Waals surface area contributed by atoms with Gasteiger partial charge in [-0.1, -0.05) is 29.8 Å². The Balaban J connectivity index is 2.01. The minimum absolute atomic E-state index is 0.181. The van der Waals surface area contributed by atoms with Crippen LogP contribution in [-0.4, -0.2) is 0 Å². The molecule has 4 heteroatoms. The van der Waals surface area contributed by atoms with Gasteiger partial charge in [0.05, 0.1) is 17.3 Å². The Bertz CT molecular complexity index is 498. The maximum absolute atomic E-state index is 6.14. The SMILES string of the molecule is C[C@H](NCc1occc1Br)c1ccccc1Cl. The van der Waals surface area contributed by atoms with E-state index in [0.717, 1.165) is 20.8 Å². The van der Waals surface area contributed by atoms with Crippen LogP contribution in [0.2, 0.25) is 5.02 Å². The van der Waals surface area contributed by atoms with Gasteiger partial charge in [0, 0.05) is 11.1 Å². The maximum atomic E-state index is 6.14. The Labute approximate surface area is 114 Å². The Morgan fingerprint density at radius 1 is 1.35 bits per heavy atom. The van der Waals surface area contributed by atoms with Crippen molar-refractivity contribution in [1.29, 1.82) is 0 Å².